The number of aromatic nitrogens is 1. The summed E-state index contributed by atoms with van der Waals surface area (Å²) in [4.78, 5) is 16.9. The third kappa shape index (κ3) is 4.12. The van der Waals surface area contributed by atoms with Crippen LogP contribution in [0.3, 0.4) is 0 Å². The van der Waals surface area contributed by atoms with Gasteiger partial charge in [0.2, 0.25) is 0 Å². The van der Waals surface area contributed by atoms with Gasteiger partial charge in [-0.25, -0.2) is 4.79 Å². The van der Waals surface area contributed by atoms with Crippen LogP contribution in [0, 0.1) is 5.92 Å². The average molecular weight is 327 g/mol. The zero-order valence-electron chi connectivity index (χ0n) is 14.7. The quantitative estimate of drug-likeness (QED) is 0.794. The second kappa shape index (κ2) is 6.89. The molecule has 128 valence electrons. The summed E-state index contributed by atoms with van der Waals surface area (Å²) in [6.07, 6.45) is 4.88. The Morgan fingerprint density at radius 1 is 1.25 bits per heavy atom. The van der Waals surface area contributed by atoms with Crippen LogP contribution in [-0.4, -0.2) is 29.8 Å². The lowest BCUT2D eigenvalue weighted by Crippen LogP contribution is -2.24. The summed E-state index contributed by atoms with van der Waals surface area (Å²) in [5.41, 5.74) is 2.15. The Balaban J connectivity index is 1.89. The highest BCUT2D eigenvalue weighted by atomic mass is 16.6. The number of esters is 1. The summed E-state index contributed by atoms with van der Waals surface area (Å²) in [5.74, 6) is 0.357. The lowest BCUT2D eigenvalue weighted by atomic mass is 9.91. The van der Waals surface area contributed by atoms with E-state index in [1.165, 1.54) is 5.56 Å². The van der Waals surface area contributed by atoms with Crippen molar-refractivity contribution in [1.29, 1.82) is 0 Å². The maximum Gasteiger partial charge on any atom is 0.339 e. The first-order chi connectivity index (χ1) is 11.4. The number of pyridine rings is 1. The minimum atomic E-state index is -0.508. The van der Waals surface area contributed by atoms with Gasteiger partial charge in [-0.3, -0.25) is 4.98 Å². The third-order valence-corrected chi connectivity index (χ3v) is 4.29. The summed E-state index contributed by atoms with van der Waals surface area (Å²) in [7, 11) is 0. The highest BCUT2D eigenvalue weighted by Crippen LogP contribution is 2.25. The second-order valence-electron chi connectivity index (χ2n) is 7.47. The van der Waals surface area contributed by atoms with E-state index in [1.54, 1.807) is 12.3 Å². The van der Waals surface area contributed by atoms with Crippen molar-refractivity contribution in [3.05, 3.63) is 41.6 Å². The van der Waals surface area contributed by atoms with Crippen molar-refractivity contribution in [2.45, 2.75) is 45.6 Å². The Labute approximate surface area is 143 Å². The molecule has 2 aromatic rings. The predicted octanol–water partition coefficient (Wildman–Crippen LogP) is 4.16. The van der Waals surface area contributed by atoms with E-state index >= 15 is 0 Å². The number of fused-ring (bicyclic) bond motifs is 1. The van der Waals surface area contributed by atoms with E-state index in [2.05, 4.69) is 17.1 Å². The van der Waals surface area contributed by atoms with Gasteiger partial charge in [-0.15, -0.1) is 0 Å². The SMILES string of the molecule is CC(C)(C)OC(=O)c1ccnc2ccc(CC3CCOCC3)cc12. The van der Waals surface area contributed by atoms with Crippen LogP contribution in [0.25, 0.3) is 10.9 Å². The summed E-state index contributed by atoms with van der Waals surface area (Å²) >= 11 is 0. The van der Waals surface area contributed by atoms with Crippen molar-refractivity contribution >= 4 is 16.9 Å². The van der Waals surface area contributed by atoms with E-state index in [0.717, 1.165) is 43.4 Å². The molecule has 0 spiro atoms. The van der Waals surface area contributed by atoms with E-state index in [4.69, 9.17) is 9.47 Å². The molecule has 0 aliphatic carbocycles. The molecule has 1 aromatic heterocycles. The molecule has 0 radical (unpaired) electrons. The molecular formula is C20H25NO3. The van der Waals surface area contributed by atoms with Gasteiger partial charge >= 0.3 is 5.97 Å². The van der Waals surface area contributed by atoms with Gasteiger partial charge in [-0.2, -0.15) is 0 Å². The normalized spacial score (nSPS) is 16.3. The maximum atomic E-state index is 12.5. The molecule has 0 saturated carbocycles. The molecule has 24 heavy (non-hydrogen) atoms. The molecule has 0 N–H and O–H groups in total. The van der Waals surface area contributed by atoms with Crippen LogP contribution in [0.2, 0.25) is 0 Å². The van der Waals surface area contributed by atoms with Gasteiger partial charge in [0.15, 0.2) is 0 Å². The molecule has 0 atom stereocenters. The first kappa shape index (κ1) is 16.9. The van der Waals surface area contributed by atoms with Gasteiger partial charge in [-0.1, -0.05) is 6.07 Å². The molecule has 0 bridgehead atoms. The van der Waals surface area contributed by atoms with Gasteiger partial charge in [0, 0.05) is 24.8 Å². The Kier molecular flexibility index (Phi) is 4.86. The second-order valence-corrected chi connectivity index (χ2v) is 7.47. The fourth-order valence-corrected chi connectivity index (χ4v) is 3.12. The van der Waals surface area contributed by atoms with Crippen LogP contribution >= 0.6 is 0 Å². The van der Waals surface area contributed by atoms with Crippen molar-refractivity contribution in [2.75, 3.05) is 13.2 Å². The highest BCUT2D eigenvalue weighted by Gasteiger charge is 2.20. The van der Waals surface area contributed by atoms with Crippen molar-refractivity contribution < 1.29 is 14.3 Å². The zero-order chi connectivity index (χ0) is 17.2. The minimum absolute atomic E-state index is 0.293. The molecule has 4 nitrogen and oxygen atoms in total. The van der Waals surface area contributed by atoms with Gasteiger partial charge in [-0.05, 0) is 69.7 Å². The van der Waals surface area contributed by atoms with Crippen LogP contribution < -0.4 is 0 Å². The molecule has 0 unspecified atom stereocenters. The summed E-state index contributed by atoms with van der Waals surface area (Å²) in [5, 5.41) is 0.872. The lowest BCUT2D eigenvalue weighted by Gasteiger charge is -2.22. The fourth-order valence-electron chi connectivity index (χ4n) is 3.12. The van der Waals surface area contributed by atoms with E-state index in [1.807, 2.05) is 26.8 Å². The van der Waals surface area contributed by atoms with E-state index in [0.29, 0.717) is 11.5 Å². The summed E-state index contributed by atoms with van der Waals surface area (Å²) in [6, 6.07) is 7.95. The zero-order valence-corrected chi connectivity index (χ0v) is 14.7. The van der Waals surface area contributed by atoms with E-state index < -0.39 is 5.60 Å². The van der Waals surface area contributed by atoms with Crippen molar-refractivity contribution in [1.82, 2.24) is 4.98 Å². The van der Waals surface area contributed by atoms with Gasteiger partial charge < -0.3 is 9.47 Å². The summed E-state index contributed by atoms with van der Waals surface area (Å²) in [6.45, 7) is 7.34. The fraction of sp³-hybridized carbons (Fsp3) is 0.500. The van der Waals surface area contributed by atoms with Crippen molar-refractivity contribution in [3.8, 4) is 0 Å². The van der Waals surface area contributed by atoms with Gasteiger partial charge in [0.25, 0.3) is 0 Å². The smallest absolute Gasteiger partial charge is 0.339 e. The highest BCUT2D eigenvalue weighted by molar-refractivity contribution is 6.03. The van der Waals surface area contributed by atoms with Crippen molar-refractivity contribution in [2.24, 2.45) is 5.92 Å². The third-order valence-electron chi connectivity index (χ3n) is 4.29. The number of rotatable bonds is 3. The molecule has 1 aliphatic heterocycles. The number of nitrogens with zero attached hydrogens (tertiary/aromatic N) is 1. The Hall–Kier alpha value is -1.94. The standard InChI is InChI=1S/C20H25NO3/c1-20(2,3)24-19(22)16-6-9-21-18-5-4-15(13-17(16)18)12-14-7-10-23-11-8-14/h4-6,9,13-14H,7-8,10-12H2,1-3H3. The van der Waals surface area contributed by atoms with Crippen LogP contribution in [0.15, 0.2) is 30.5 Å². The first-order valence-corrected chi connectivity index (χ1v) is 8.61. The largest absolute Gasteiger partial charge is 0.456 e. The molecule has 1 aromatic carbocycles. The number of hydrogen-bond acceptors (Lipinski definition) is 4. The lowest BCUT2D eigenvalue weighted by molar-refractivity contribution is 0.00718. The Morgan fingerprint density at radius 2 is 2.00 bits per heavy atom. The first-order valence-electron chi connectivity index (χ1n) is 8.61. The number of ether oxygens (including phenoxy) is 2. The summed E-state index contributed by atoms with van der Waals surface area (Å²) < 4.78 is 11.0. The molecule has 4 heteroatoms. The molecular weight excluding hydrogens is 302 g/mol. The topological polar surface area (TPSA) is 48.4 Å². The maximum absolute atomic E-state index is 12.5. The van der Waals surface area contributed by atoms with Crippen LogP contribution in [0.1, 0.15) is 49.5 Å². The molecule has 1 fully saturated rings. The minimum Gasteiger partial charge on any atom is -0.456 e. The van der Waals surface area contributed by atoms with Crippen LogP contribution in [0.5, 0.6) is 0 Å². The Bertz CT molecular complexity index is 727. The van der Waals surface area contributed by atoms with Crippen LogP contribution in [0.4, 0.5) is 0 Å². The van der Waals surface area contributed by atoms with Crippen molar-refractivity contribution in [3.63, 3.8) is 0 Å². The average Bonchev–Trinajstić information content (AvgIpc) is 2.53. The monoisotopic (exact) mass is 327 g/mol. The number of carbonyl (C=O) groups excluding carboxylic acids is 1. The van der Waals surface area contributed by atoms with E-state index in [-0.39, 0.29) is 5.97 Å². The molecule has 0 amide bonds. The number of benzene rings is 1. The number of carbonyl (C=O) groups is 1. The van der Waals surface area contributed by atoms with Crippen LogP contribution in [-0.2, 0) is 15.9 Å². The van der Waals surface area contributed by atoms with Gasteiger partial charge in [0.05, 0.1) is 11.1 Å². The van der Waals surface area contributed by atoms with E-state index in [9.17, 15) is 4.79 Å². The molecule has 3 rings (SSSR count). The molecule has 1 saturated heterocycles. The number of hydrogen-bond donors (Lipinski definition) is 0. The molecule has 2 heterocycles. The predicted molar refractivity (Wildman–Crippen MR) is 94.2 cm³/mol. The van der Waals surface area contributed by atoms with Gasteiger partial charge in [0.1, 0.15) is 5.60 Å². The Morgan fingerprint density at radius 3 is 2.71 bits per heavy atom. The molecule has 1 aliphatic rings.